The molecule has 0 spiro atoms. The minimum absolute atomic E-state index is 0.0387. The Labute approximate surface area is 226 Å². The number of hydrazone groups is 1. The van der Waals surface area contributed by atoms with Gasteiger partial charge in [0.15, 0.2) is 11.7 Å². The first-order valence-electron chi connectivity index (χ1n) is 11.6. The third kappa shape index (κ3) is 7.68. The summed E-state index contributed by atoms with van der Waals surface area (Å²) in [5.41, 5.74) is 4.64. The summed E-state index contributed by atoms with van der Waals surface area (Å²) < 4.78 is 16.8. The van der Waals surface area contributed by atoms with Crippen molar-refractivity contribution >= 4 is 47.0 Å². The molecule has 37 heavy (non-hydrogen) atoms. The van der Waals surface area contributed by atoms with Crippen molar-refractivity contribution in [3.05, 3.63) is 69.9 Å². The Morgan fingerprint density at radius 1 is 1.22 bits per heavy atom. The van der Waals surface area contributed by atoms with Crippen LogP contribution in [0.3, 0.4) is 0 Å². The van der Waals surface area contributed by atoms with Crippen molar-refractivity contribution in [1.82, 2.24) is 16.1 Å². The molecule has 9 nitrogen and oxygen atoms in total. The molecule has 196 valence electrons. The van der Waals surface area contributed by atoms with Crippen LogP contribution < -0.4 is 25.5 Å². The minimum Gasteiger partial charge on any atom is -0.490 e. The maximum atomic E-state index is 12.7. The van der Waals surface area contributed by atoms with Gasteiger partial charge in [0.2, 0.25) is 0 Å². The minimum atomic E-state index is -0.618. The van der Waals surface area contributed by atoms with Crippen LogP contribution in [-0.2, 0) is 14.3 Å². The summed E-state index contributed by atoms with van der Waals surface area (Å²) in [6, 6.07) is 11.6. The molecule has 0 saturated carbocycles. The predicted octanol–water partition coefficient (Wildman–Crippen LogP) is 4.01. The van der Waals surface area contributed by atoms with Gasteiger partial charge in [-0.2, -0.15) is 5.10 Å². The highest BCUT2D eigenvalue weighted by atomic mass is 35.5. The number of rotatable bonds is 10. The fourth-order valence-corrected chi connectivity index (χ4v) is 4.04. The van der Waals surface area contributed by atoms with Crippen LogP contribution in [0.5, 0.6) is 11.5 Å². The smallest absolute Gasteiger partial charge is 0.338 e. The first-order chi connectivity index (χ1) is 17.7. The standard InChI is InChI=1S/C26H29ClN4O5S/c1-5-34-25(33)23-16(4)29-26(37)30-24(23)19-8-6-7-9-21(19)35-14-22(32)31-28-13-17-12-18(27)10-11-20(17)36-15(2)3/h6-13,15,24H,5,14H2,1-4H3,(H,31,32)(H2,29,30,37)/t24-/m0/s1. The molecule has 0 fully saturated rings. The van der Waals surface area contributed by atoms with Crippen LogP contribution in [0, 0.1) is 0 Å². The number of hydrogen-bond donors (Lipinski definition) is 3. The predicted molar refractivity (Wildman–Crippen MR) is 146 cm³/mol. The molecule has 3 N–H and O–H groups in total. The van der Waals surface area contributed by atoms with Gasteiger partial charge >= 0.3 is 5.97 Å². The third-order valence-corrected chi connectivity index (χ3v) is 5.54. The summed E-state index contributed by atoms with van der Waals surface area (Å²) in [6.07, 6.45) is 1.41. The van der Waals surface area contributed by atoms with Gasteiger partial charge in [-0.1, -0.05) is 29.8 Å². The van der Waals surface area contributed by atoms with E-state index in [2.05, 4.69) is 21.2 Å². The molecule has 0 aromatic heterocycles. The second-order valence-corrected chi connectivity index (χ2v) is 9.10. The quantitative estimate of drug-likeness (QED) is 0.178. The second kappa shape index (κ2) is 13.1. The van der Waals surface area contributed by atoms with E-state index in [1.54, 1.807) is 56.3 Å². The average molecular weight is 545 g/mol. The average Bonchev–Trinajstić information content (AvgIpc) is 2.84. The normalized spacial score (nSPS) is 15.3. The van der Waals surface area contributed by atoms with Crippen molar-refractivity contribution in [1.29, 1.82) is 0 Å². The number of nitrogens with one attached hydrogen (secondary N) is 3. The van der Waals surface area contributed by atoms with Crippen LogP contribution in [0.2, 0.25) is 5.02 Å². The van der Waals surface area contributed by atoms with Crippen LogP contribution in [0.1, 0.15) is 44.9 Å². The highest BCUT2D eigenvalue weighted by Crippen LogP contribution is 2.33. The number of carbonyl (C=O) groups is 2. The summed E-state index contributed by atoms with van der Waals surface area (Å²) in [5, 5.41) is 10.9. The zero-order valence-electron chi connectivity index (χ0n) is 21.0. The highest BCUT2D eigenvalue weighted by Gasteiger charge is 2.32. The number of halogens is 1. The van der Waals surface area contributed by atoms with E-state index in [-0.39, 0.29) is 19.3 Å². The van der Waals surface area contributed by atoms with E-state index in [1.165, 1.54) is 6.21 Å². The van der Waals surface area contributed by atoms with Crippen LogP contribution >= 0.6 is 23.8 Å². The first-order valence-corrected chi connectivity index (χ1v) is 12.4. The highest BCUT2D eigenvalue weighted by molar-refractivity contribution is 7.80. The molecule has 0 aliphatic carbocycles. The van der Waals surface area contributed by atoms with Crippen LogP contribution in [0.25, 0.3) is 0 Å². The van der Waals surface area contributed by atoms with Crippen LogP contribution in [0.4, 0.5) is 0 Å². The topological polar surface area (TPSA) is 110 Å². The Balaban J connectivity index is 1.71. The fourth-order valence-electron chi connectivity index (χ4n) is 3.59. The lowest BCUT2D eigenvalue weighted by molar-refractivity contribution is -0.139. The molecule has 2 aromatic rings. The summed E-state index contributed by atoms with van der Waals surface area (Å²) in [5.74, 6) is 0.0401. The molecule has 1 amide bonds. The van der Waals surface area contributed by atoms with Gasteiger partial charge in [-0.25, -0.2) is 10.2 Å². The van der Waals surface area contributed by atoms with E-state index in [0.717, 1.165) is 0 Å². The summed E-state index contributed by atoms with van der Waals surface area (Å²) in [7, 11) is 0. The van der Waals surface area contributed by atoms with Gasteiger partial charge in [0.25, 0.3) is 5.91 Å². The van der Waals surface area contributed by atoms with Gasteiger partial charge in [0, 0.05) is 21.8 Å². The third-order valence-electron chi connectivity index (χ3n) is 5.08. The lowest BCUT2D eigenvalue weighted by Crippen LogP contribution is -2.45. The molecule has 3 rings (SSSR count). The lowest BCUT2D eigenvalue weighted by atomic mass is 9.95. The number of para-hydroxylation sites is 1. The Hall–Kier alpha value is -3.63. The Morgan fingerprint density at radius 3 is 2.70 bits per heavy atom. The van der Waals surface area contributed by atoms with Crippen LogP contribution in [0.15, 0.2) is 58.8 Å². The number of amides is 1. The molecule has 1 atom stereocenters. The molecular weight excluding hydrogens is 516 g/mol. The molecular formula is C26H29ClN4O5S. The van der Waals surface area contributed by atoms with E-state index >= 15 is 0 Å². The zero-order valence-corrected chi connectivity index (χ0v) is 22.5. The molecule has 0 unspecified atom stereocenters. The maximum absolute atomic E-state index is 12.7. The number of ether oxygens (including phenoxy) is 3. The molecule has 2 aromatic carbocycles. The number of allylic oxidation sites excluding steroid dienone is 1. The number of esters is 1. The van der Waals surface area contributed by atoms with E-state index in [4.69, 9.17) is 38.0 Å². The van der Waals surface area contributed by atoms with Crippen LogP contribution in [-0.4, -0.2) is 42.5 Å². The van der Waals surface area contributed by atoms with E-state index < -0.39 is 17.9 Å². The Morgan fingerprint density at radius 2 is 1.97 bits per heavy atom. The number of nitrogens with zero attached hydrogens (tertiary/aromatic N) is 1. The fraction of sp³-hybridized carbons (Fsp3) is 0.308. The van der Waals surface area contributed by atoms with Crippen molar-refractivity contribution in [2.24, 2.45) is 5.10 Å². The van der Waals surface area contributed by atoms with Gasteiger partial charge in [-0.3, -0.25) is 4.79 Å². The Kier molecular flexibility index (Phi) is 9.87. The zero-order chi connectivity index (χ0) is 26.9. The summed E-state index contributed by atoms with van der Waals surface area (Å²) in [4.78, 5) is 25.1. The van der Waals surface area contributed by atoms with Gasteiger partial charge < -0.3 is 24.8 Å². The SMILES string of the molecule is CCOC(=O)C1=C(C)NC(=S)N[C@H]1c1ccccc1OCC(=O)NN=Cc1cc(Cl)ccc1OC(C)C. The van der Waals surface area contributed by atoms with Crippen molar-refractivity contribution in [3.8, 4) is 11.5 Å². The van der Waals surface area contributed by atoms with Gasteiger partial charge in [-0.05, 0) is 64.2 Å². The summed E-state index contributed by atoms with van der Waals surface area (Å²) >= 11 is 11.4. The van der Waals surface area contributed by atoms with Gasteiger partial charge in [-0.15, -0.1) is 0 Å². The molecule has 0 bridgehead atoms. The monoisotopic (exact) mass is 544 g/mol. The van der Waals surface area contributed by atoms with E-state index in [9.17, 15) is 9.59 Å². The number of thiocarbonyl (C=S) groups is 1. The number of hydrogen-bond acceptors (Lipinski definition) is 7. The van der Waals surface area contributed by atoms with Crippen molar-refractivity contribution in [2.45, 2.75) is 39.8 Å². The molecule has 1 aliphatic heterocycles. The molecule has 0 saturated heterocycles. The van der Waals surface area contributed by atoms with Gasteiger partial charge in [0.1, 0.15) is 11.5 Å². The molecule has 1 aliphatic rings. The van der Waals surface area contributed by atoms with E-state index in [0.29, 0.717) is 44.0 Å². The van der Waals surface area contributed by atoms with Gasteiger partial charge in [0.05, 0.1) is 30.5 Å². The molecule has 0 radical (unpaired) electrons. The largest absolute Gasteiger partial charge is 0.490 e. The van der Waals surface area contributed by atoms with Crippen molar-refractivity contribution in [2.75, 3.05) is 13.2 Å². The molecule has 1 heterocycles. The lowest BCUT2D eigenvalue weighted by Gasteiger charge is -2.30. The van der Waals surface area contributed by atoms with Crippen molar-refractivity contribution < 1.29 is 23.8 Å². The molecule has 11 heteroatoms. The summed E-state index contributed by atoms with van der Waals surface area (Å²) in [6.45, 7) is 7.22. The number of benzene rings is 2. The second-order valence-electron chi connectivity index (χ2n) is 8.26. The Bertz CT molecular complexity index is 1230. The van der Waals surface area contributed by atoms with Crippen molar-refractivity contribution in [3.63, 3.8) is 0 Å². The van der Waals surface area contributed by atoms with E-state index in [1.807, 2.05) is 13.8 Å². The maximum Gasteiger partial charge on any atom is 0.338 e. The first kappa shape index (κ1) is 27.9. The number of carbonyl (C=O) groups excluding carboxylic acids is 2.